The Hall–Kier alpha value is -1.26. The molecular formula is C12H7BrN2S. The predicted octanol–water partition coefficient (Wildman–Crippen LogP) is 4.12. The van der Waals surface area contributed by atoms with Crippen molar-refractivity contribution in [3.05, 3.63) is 46.5 Å². The number of nitrogens with zero attached hydrogens (tertiary/aromatic N) is 2. The van der Waals surface area contributed by atoms with Crippen molar-refractivity contribution in [3.63, 3.8) is 0 Å². The molecule has 4 heteroatoms. The monoisotopic (exact) mass is 290 g/mol. The Kier molecular flexibility index (Phi) is 2.46. The molecule has 0 unspecified atom stereocenters. The quantitative estimate of drug-likeness (QED) is 0.674. The van der Waals surface area contributed by atoms with Gasteiger partial charge in [0.1, 0.15) is 6.33 Å². The van der Waals surface area contributed by atoms with Crippen molar-refractivity contribution in [1.82, 2.24) is 9.97 Å². The van der Waals surface area contributed by atoms with Crippen molar-refractivity contribution in [1.29, 1.82) is 0 Å². The van der Waals surface area contributed by atoms with E-state index in [0.29, 0.717) is 0 Å². The number of para-hydroxylation sites is 1. The van der Waals surface area contributed by atoms with Gasteiger partial charge in [-0.2, -0.15) is 0 Å². The van der Waals surface area contributed by atoms with E-state index in [1.165, 1.54) is 4.88 Å². The molecule has 3 aromatic rings. The van der Waals surface area contributed by atoms with E-state index in [1.807, 2.05) is 18.2 Å². The molecule has 0 spiro atoms. The van der Waals surface area contributed by atoms with Gasteiger partial charge in [0, 0.05) is 9.86 Å². The summed E-state index contributed by atoms with van der Waals surface area (Å²) in [6.45, 7) is 0. The fraction of sp³-hybridized carbons (Fsp3) is 0. The Bertz CT molecular complexity index is 635. The molecule has 0 aliphatic carbocycles. The molecule has 1 aromatic carbocycles. The molecular weight excluding hydrogens is 284 g/mol. The zero-order chi connectivity index (χ0) is 11.0. The van der Waals surface area contributed by atoms with E-state index in [9.17, 15) is 0 Å². The highest BCUT2D eigenvalue weighted by Gasteiger charge is 2.08. The number of hydrogen-bond acceptors (Lipinski definition) is 3. The highest BCUT2D eigenvalue weighted by atomic mass is 79.9. The van der Waals surface area contributed by atoms with E-state index >= 15 is 0 Å². The average Bonchev–Trinajstić information content (AvgIpc) is 2.82. The molecule has 2 aromatic heterocycles. The zero-order valence-electron chi connectivity index (χ0n) is 8.22. The number of halogens is 1. The summed E-state index contributed by atoms with van der Waals surface area (Å²) in [5.41, 5.74) is 1.96. The van der Waals surface area contributed by atoms with Gasteiger partial charge in [0.25, 0.3) is 0 Å². The van der Waals surface area contributed by atoms with Gasteiger partial charge in [-0.1, -0.05) is 18.2 Å². The second kappa shape index (κ2) is 3.96. The largest absolute Gasteiger partial charge is 0.235 e. The summed E-state index contributed by atoms with van der Waals surface area (Å²) >= 11 is 5.20. The molecule has 0 N–H and O–H groups in total. The summed E-state index contributed by atoms with van der Waals surface area (Å²) < 4.78 is 1.00. The van der Waals surface area contributed by atoms with Gasteiger partial charge < -0.3 is 0 Å². The topological polar surface area (TPSA) is 25.8 Å². The van der Waals surface area contributed by atoms with Crippen LogP contribution < -0.4 is 0 Å². The van der Waals surface area contributed by atoms with Crippen molar-refractivity contribution in [2.75, 3.05) is 0 Å². The van der Waals surface area contributed by atoms with Crippen molar-refractivity contribution in [2.24, 2.45) is 0 Å². The lowest BCUT2D eigenvalue weighted by molar-refractivity contribution is 1.23. The number of thiophene rings is 1. The van der Waals surface area contributed by atoms with Crippen LogP contribution in [0, 0.1) is 0 Å². The van der Waals surface area contributed by atoms with Crippen LogP contribution in [0.1, 0.15) is 0 Å². The molecule has 0 saturated heterocycles. The van der Waals surface area contributed by atoms with Gasteiger partial charge in [0.2, 0.25) is 0 Å². The normalized spacial score (nSPS) is 10.8. The van der Waals surface area contributed by atoms with E-state index < -0.39 is 0 Å². The lowest BCUT2D eigenvalue weighted by Crippen LogP contribution is -1.87. The van der Waals surface area contributed by atoms with Gasteiger partial charge in [-0.3, -0.25) is 0 Å². The molecule has 3 rings (SSSR count). The minimum Gasteiger partial charge on any atom is -0.235 e. The highest BCUT2D eigenvalue weighted by Crippen LogP contribution is 2.31. The molecule has 0 saturated carbocycles. The van der Waals surface area contributed by atoms with Crippen LogP contribution in [0.15, 0.2) is 46.5 Å². The van der Waals surface area contributed by atoms with Gasteiger partial charge in [-0.05, 0) is 33.4 Å². The van der Waals surface area contributed by atoms with Crippen molar-refractivity contribution in [2.45, 2.75) is 0 Å². The van der Waals surface area contributed by atoms with E-state index in [1.54, 1.807) is 17.7 Å². The first-order valence-corrected chi connectivity index (χ1v) is 6.46. The van der Waals surface area contributed by atoms with Crippen molar-refractivity contribution < 1.29 is 0 Å². The molecule has 2 nitrogen and oxygen atoms in total. The third kappa shape index (κ3) is 1.54. The van der Waals surface area contributed by atoms with E-state index in [0.717, 1.165) is 21.1 Å². The summed E-state index contributed by atoms with van der Waals surface area (Å²) in [4.78, 5) is 9.84. The first-order valence-electron chi connectivity index (χ1n) is 4.79. The Labute approximate surface area is 105 Å². The highest BCUT2D eigenvalue weighted by molar-refractivity contribution is 9.10. The van der Waals surface area contributed by atoms with Crippen molar-refractivity contribution in [3.8, 4) is 10.6 Å². The molecule has 2 heterocycles. The number of benzene rings is 1. The second-order valence-electron chi connectivity index (χ2n) is 3.34. The summed E-state index contributed by atoms with van der Waals surface area (Å²) in [6, 6.07) is 10.2. The lowest BCUT2D eigenvalue weighted by atomic mass is 10.1. The van der Waals surface area contributed by atoms with Crippen LogP contribution >= 0.6 is 27.3 Å². The van der Waals surface area contributed by atoms with Crippen molar-refractivity contribution >= 4 is 38.2 Å². The Balaban J connectivity index is 2.38. The van der Waals surface area contributed by atoms with E-state index in [4.69, 9.17) is 0 Å². The van der Waals surface area contributed by atoms with Crippen LogP contribution in [0.25, 0.3) is 21.5 Å². The maximum Gasteiger partial charge on any atom is 0.116 e. The van der Waals surface area contributed by atoms with Crippen LogP contribution in [0.5, 0.6) is 0 Å². The standard InChI is InChI=1S/C12H7BrN2S/c13-9-4-1-3-8-11(9)14-7-15-12(8)10-5-2-6-16-10/h1-7H. The minimum atomic E-state index is 0.959. The number of fused-ring (bicyclic) bond motifs is 1. The van der Waals surface area contributed by atoms with Crippen LogP contribution in [0.3, 0.4) is 0 Å². The van der Waals surface area contributed by atoms with Crippen LogP contribution in [-0.2, 0) is 0 Å². The minimum absolute atomic E-state index is 0.959. The average molecular weight is 291 g/mol. The predicted molar refractivity (Wildman–Crippen MR) is 70.6 cm³/mol. The smallest absolute Gasteiger partial charge is 0.116 e. The van der Waals surface area contributed by atoms with Gasteiger partial charge in [-0.15, -0.1) is 11.3 Å². The van der Waals surface area contributed by atoms with E-state index in [-0.39, 0.29) is 0 Å². The maximum atomic E-state index is 4.37. The Morgan fingerprint density at radius 2 is 2.00 bits per heavy atom. The molecule has 0 fully saturated rings. The molecule has 0 amide bonds. The zero-order valence-corrected chi connectivity index (χ0v) is 10.6. The lowest BCUT2D eigenvalue weighted by Gasteiger charge is -2.03. The van der Waals surface area contributed by atoms with Gasteiger partial charge in [0.15, 0.2) is 0 Å². The molecule has 78 valence electrons. The number of hydrogen-bond donors (Lipinski definition) is 0. The third-order valence-corrected chi connectivity index (χ3v) is 3.89. The molecule has 0 radical (unpaired) electrons. The SMILES string of the molecule is Brc1cccc2c(-c3cccs3)ncnc12. The molecule has 0 bridgehead atoms. The summed E-state index contributed by atoms with van der Waals surface area (Å²) in [5.74, 6) is 0. The number of aromatic nitrogens is 2. The first-order chi connectivity index (χ1) is 7.86. The molecule has 0 atom stereocenters. The fourth-order valence-corrected chi connectivity index (χ4v) is 2.86. The summed E-state index contributed by atoms with van der Waals surface area (Å²) in [6.07, 6.45) is 1.61. The Morgan fingerprint density at radius 3 is 2.81 bits per heavy atom. The third-order valence-electron chi connectivity index (χ3n) is 2.37. The van der Waals surface area contributed by atoms with Gasteiger partial charge in [-0.25, -0.2) is 9.97 Å². The molecule has 16 heavy (non-hydrogen) atoms. The Morgan fingerprint density at radius 1 is 1.06 bits per heavy atom. The number of rotatable bonds is 1. The molecule has 0 aliphatic heterocycles. The van der Waals surface area contributed by atoms with E-state index in [2.05, 4.69) is 43.4 Å². The van der Waals surface area contributed by atoms with Gasteiger partial charge >= 0.3 is 0 Å². The maximum absolute atomic E-state index is 4.37. The summed E-state index contributed by atoms with van der Waals surface area (Å²) in [5, 5.41) is 3.14. The van der Waals surface area contributed by atoms with Crippen LogP contribution in [-0.4, -0.2) is 9.97 Å². The molecule has 0 aliphatic rings. The van der Waals surface area contributed by atoms with Crippen LogP contribution in [0.4, 0.5) is 0 Å². The first kappa shape index (κ1) is 9.93. The fourth-order valence-electron chi connectivity index (χ4n) is 1.66. The van der Waals surface area contributed by atoms with Crippen LogP contribution in [0.2, 0.25) is 0 Å². The van der Waals surface area contributed by atoms with Gasteiger partial charge in [0.05, 0.1) is 16.1 Å². The summed E-state index contributed by atoms with van der Waals surface area (Å²) in [7, 11) is 0. The second-order valence-corrected chi connectivity index (χ2v) is 5.14.